The molecule has 1 unspecified atom stereocenters. The molecule has 0 amide bonds. The van der Waals surface area contributed by atoms with E-state index < -0.39 is 0 Å². The second-order valence-electron chi connectivity index (χ2n) is 3.09. The Bertz CT molecular complexity index is 259. The maximum Gasteiger partial charge on any atom is 0.187 e. The van der Waals surface area contributed by atoms with Crippen molar-refractivity contribution >= 4 is 21.5 Å². The topological polar surface area (TPSA) is 42.2 Å². The van der Waals surface area contributed by atoms with Gasteiger partial charge in [0.2, 0.25) is 0 Å². The van der Waals surface area contributed by atoms with Crippen LogP contribution in [0.15, 0.2) is 6.20 Å². The molecule has 1 rings (SSSR count). The Morgan fingerprint density at radius 1 is 1.62 bits per heavy atom. The molecule has 0 aliphatic heterocycles. The van der Waals surface area contributed by atoms with E-state index in [4.69, 9.17) is 5.73 Å². The van der Waals surface area contributed by atoms with Gasteiger partial charge in [-0.2, -0.15) is 0 Å². The molecule has 1 atom stereocenters. The van der Waals surface area contributed by atoms with Crippen molar-refractivity contribution in [3.63, 3.8) is 0 Å². The molecule has 0 aliphatic rings. The molecular weight excluding hydrogens is 182 g/mol. The molecule has 0 aliphatic carbocycles. The van der Waals surface area contributed by atoms with Crippen molar-refractivity contribution in [2.24, 2.45) is 0 Å². The van der Waals surface area contributed by atoms with Gasteiger partial charge in [0.05, 0.1) is 6.20 Å². The van der Waals surface area contributed by atoms with Gasteiger partial charge in [0.25, 0.3) is 0 Å². The highest BCUT2D eigenvalue weighted by molar-refractivity contribution is 7.19. The molecule has 2 N–H and O–H groups in total. The monoisotopic (exact) mass is 199 g/mol. The Labute approximate surface area is 83.6 Å². The van der Waals surface area contributed by atoms with Gasteiger partial charge in [-0.15, -0.1) is 0 Å². The van der Waals surface area contributed by atoms with E-state index in [1.54, 1.807) is 17.5 Å². The van der Waals surface area contributed by atoms with Crippen LogP contribution in [0.3, 0.4) is 0 Å². The van der Waals surface area contributed by atoms with Gasteiger partial charge in [-0.25, -0.2) is 4.98 Å². The molecule has 3 nitrogen and oxygen atoms in total. The molecule has 0 aromatic carbocycles. The minimum absolute atomic E-state index is 0.538. The van der Waals surface area contributed by atoms with Crippen molar-refractivity contribution in [1.29, 1.82) is 0 Å². The summed E-state index contributed by atoms with van der Waals surface area (Å²) < 4.78 is 0. The first-order chi connectivity index (χ1) is 6.19. The van der Waals surface area contributed by atoms with Gasteiger partial charge in [-0.1, -0.05) is 18.3 Å². The molecule has 0 fully saturated rings. The maximum atomic E-state index is 5.64. The Kier molecular flexibility index (Phi) is 3.54. The third kappa shape index (κ3) is 2.34. The Morgan fingerprint density at radius 3 is 2.69 bits per heavy atom. The van der Waals surface area contributed by atoms with E-state index in [-0.39, 0.29) is 0 Å². The number of nitrogens with zero attached hydrogens (tertiary/aromatic N) is 2. The van der Waals surface area contributed by atoms with E-state index in [0.717, 1.165) is 23.1 Å². The minimum Gasteiger partial charge on any atom is -0.389 e. The van der Waals surface area contributed by atoms with Crippen molar-refractivity contribution in [3.05, 3.63) is 6.20 Å². The van der Waals surface area contributed by atoms with Crippen LogP contribution in [0.2, 0.25) is 0 Å². The molecule has 4 heteroatoms. The summed E-state index contributed by atoms with van der Waals surface area (Å²) in [6.07, 6.45) is 2.86. The standard InChI is InChI=1S/C9H17N3S/c1-4-7(3)12(5-2)9-11-6-8(10)13-9/h6-7H,4-5,10H2,1-3H3. The average molecular weight is 199 g/mol. The summed E-state index contributed by atoms with van der Waals surface area (Å²) >= 11 is 1.56. The van der Waals surface area contributed by atoms with E-state index in [2.05, 4.69) is 30.7 Å². The molecule has 0 spiro atoms. The summed E-state index contributed by atoms with van der Waals surface area (Å²) in [6, 6.07) is 0.538. The molecule has 1 aromatic rings. The van der Waals surface area contributed by atoms with Crippen LogP contribution in [0.25, 0.3) is 0 Å². The summed E-state index contributed by atoms with van der Waals surface area (Å²) in [7, 11) is 0. The summed E-state index contributed by atoms with van der Waals surface area (Å²) in [4.78, 5) is 6.55. The van der Waals surface area contributed by atoms with Crippen LogP contribution in [0.5, 0.6) is 0 Å². The van der Waals surface area contributed by atoms with Crippen molar-refractivity contribution in [2.75, 3.05) is 17.2 Å². The summed E-state index contributed by atoms with van der Waals surface area (Å²) in [6.45, 7) is 7.52. The third-order valence-corrected chi connectivity index (χ3v) is 3.08. The van der Waals surface area contributed by atoms with Crippen molar-refractivity contribution in [1.82, 2.24) is 4.98 Å². The number of hydrogen-bond acceptors (Lipinski definition) is 4. The van der Waals surface area contributed by atoms with Crippen molar-refractivity contribution < 1.29 is 0 Å². The fourth-order valence-electron chi connectivity index (χ4n) is 1.27. The average Bonchev–Trinajstić information content (AvgIpc) is 2.53. The molecule has 1 aromatic heterocycles. The summed E-state index contributed by atoms with van der Waals surface area (Å²) in [5, 5.41) is 1.83. The fraction of sp³-hybridized carbons (Fsp3) is 0.667. The van der Waals surface area contributed by atoms with Crippen LogP contribution >= 0.6 is 11.3 Å². The molecule has 1 heterocycles. The molecule has 0 radical (unpaired) electrons. The lowest BCUT2D eigenvalue weighted by Crippen LogP contribution is -2.32. The van der Waals surface area contributed by atoms with E-state index in [1.165, 1.54) is 0 Å². The zero-order valence-corrected chi connectivity index (χ0v) is 9.27. The van der Waals surface area contributed by atoms with Gasteiger partial charge in [0.1, 0.15) is 5.00 Å². The van der Waals surface area contributed by atoms with Gasteiger partial charge < -0.3 is 10.6 Å². The zero-order valence-electron chi connectivity index (χ0n) is 8.45. The molecule has 0 saturated carbocycles. The van der Waals surface area contributed by atoms with Crippen LogP contribution in [-0.4, -0.2) is 17.6 Å². The van der Waals surface area contributed by atoms with Gasteiger partial charge >= 0.3 is 0 Å². The van der Waals surface area contributed by atoms with Crippen LogP contribution in [0.4, 0.5) is 10.1 Å². The maximum absolute atomic E-state index is 5.64. The Morgan fingerprint density at radius 2 is 2.31 bits per heavy atom. The number of rotatable bonds is 4. The quantitative estimate of drug-likeness (QED) is 0.809. The lowest BCUT2D eigenvalue weighted by molar-refractivity contribution is 0.628. The van der Waals surface area contributed by atoms with E-state index in [9.17, 15) is 0 Å². The minimum atomic E-state index is 0.538. The van der Waals surface area contributed by atoms with Crippen LogP contribution in [0.1, 0.15) is 27.2 Å². The van der Waals surface area contributed by atoms with Crippen LogP contribution in [0, 0.1) is 0 Å². The Hall–Kier alpha value is -0.770. The number of thiazole rings is 1. The first kappa shape index (κ1) is 10.3. The van der Waals surface area contributed by atoms with Crippen LogP contribution < -0.4 is 10.6 Å². The number of nitrogen functional groups attached to an aromatic ring is 1. The highest BCUT2D eigenvalue weighted by Gasteiger charge is 2.13. The van der Waals surface area contributed by atoms with E-state index >= 15 is 0 Å². The largest absolute Gasteiger partial charge is 0.389 e. The van der Waals surface area contributed by atoms with E-state index in [1.807, 2.05) is 0 Å². The molecule has 0 saturated heterocycles. The van der Waals surface area contributed by atoms with Gasteiger partial charge in [0, 0.05) is 12.6 Å². The first-order valence-electron chi connectivity index (χ1n) is 4.67. The zero-order chi connectivity index (χ0) is 9.84. The van der Waals surface area contributed by atoms with Gasteiger partial charge in [0.15, 0.2) is 5.13 Å². The smallest absolute Gasteiger partial charge is 0.187 e. The second-order valence-corrected chi connectivity index (χ2v) is 4.13. The molecule has 0 bridgehead atoms. The normalized spacial score (nSPS) is 12.8. The number of nitrogens with two attached hydrogens (primary N) is 1. The summed E-state index contributed by atoms with van der Waals surface area (Å²) in [5.41, 5.74) is 5.64. The molecule has 13 heavy (non-hydrogen) atoms. The molecule has 74 valence electrons. The van der Waals surface area contributed by atoms with Gasteiger partial charge in [-0.05, 0) is 20.3 Å². The highest BCUT2D eigenvalue weighted by Crippen LogP contribution is 2.25. The van der Waals surface area contributed by atoms with Crippen LogP contribution in [-0.2, 0) is 0 Å². The fourth-order valence-corrected chi connectivity index (χ4v) is 2.11. The Balaban J connectivity index is 2.77. The third-order valence-electron chi connectivity index (χ3n) is 2.22. The molecular formula is C9H17N3S. The number of aromatic nitrogens is 1. The second kappa shape index (κ2) is 4.46. The predicted octanol–water partition coefficient (Wildman–Crippen LogP) is 2.35. The van der Waals surface area contributed by atoms with Crippen molar-refractivity contribution in [3.8, 4) is 0 Å². The lowest BCUT2D eigenvalue weighted by Gasteiger charge is -2.26. The number of anilines is 2. The summed E-state index contributed by atoms with van der Waals surface area (Å²) in [5.74, 6) is 0. The number of hydrogen-bond donors (Lipinski definition) is 1. The predicted molar refractivity (Wildman–Crippen MR) is 59.3 cm³/mol. The van der Waals surface area contributed by atoms with E-state index in [0.29, 0.717) is 6.04 Å². The highest BCUT2D eigenvalue weighted by atomic mass is 32.1. The first-order valence-corrected chi connectivity index (χ1v) is 5.48. The SMILES string of the molecule is CCC(C)N(CC)c1ncc(N)s1. The van der Waals surface area contributed by atoms with Gasteiger partial charge in [-0.3, -0.25) is 0 Å². The lowest BCUT2D eigenvalue weighted by atomic mass is 10.2. The van der Waals surface area contributed by atoms with Crippen molar-refractivity contribution in [2.45, 2.75) is 33.2 Å².